The molecule has 2 aromatic carbocycles. The Labute approximate surface area is 167 Å². The van der Waals surface area contributed by atoms with E-state index in [9.17, 15) is 5.11 Å². The molecule has 148 valence electrons. The molecule has 0 bridgehead atoms. The topological polar surface area (TPSA) is 45.6 Å². The third kappa shape index (κ3) is 3.89. The largest absolute Gasteiger partial charge is 0.496 e. The van der Waals surface area contributed by atoms with Gasteiger partial charge < -0.3 is 14.7 Å². The lowest BCUT2D eigenvalue weighted by molar-refractivity contribution is 0.0452. The van der Waals surface area contributed by atoms with E-state index in [4.69, 9.17) is 9.72 Å². The molecule has 1 heterocycles. The molecule has 0 saturated heterocycles. The van der Waals surface area contributed by atoms with Crippen molar-refractivity contribution < 1.29 is 9.84 Å². The summed E-state index contributed by atoms with van der Waals surface area (Å²) in [5.41, 5.74) is 2.00. The van der Waals surface area contributed by atoms with Crippen LogP contribution in [0.5, 0.6) is 5.75 Å². The molecule has 28 heavy (non-hydrogen) atoms. The predicted molar refractivity (Wildman–Crippen MR) is 115 cm³/mol. The van der Waals surface area contributed by atoms with Crippen LogP contribution in [-0.2, 0) is 11.0 Å². The monoisotopic (exact) mass is 378 g/mol. The molecule has 0 spiro atoms. The number of aliphatic hydroxyl groups is 1. The number of rotatable bonds is 5. The summed E-state index contributed by atoms with van der Waals surface area (Å²) in [5, 5.41) is 13.1. The lowest BCUT2D eigenvalue weighted by Gasteiger charge is -2.33. The molecule has 3 aromatic rings. The van der Waals surface area contributed by atoms with Gasteiger partial charge in [-0.25, -0.2) is 4.98 Å². The molecule has 0 radical (unpaired) electrons. The Bertz CT molecular complexity index is 976. The molecule has 0 aliphatic carbocycles. The number of fused-ring (bicyclic) bond motifs is 1. The molecule has 0 saturated carbocycles. The Kier molecular flexibility index (Phi) is 5.46. The molecule has 0 amide bonds. The standard InChI is InChI=1S/C24H30N2O2/c1-23(2,3)18-12-13-21(28-6)19(15-18)24(27,16-26(4)5)22-14-11-17-9-7-8-10-20(17)25-22/h7-15,27H,16H2,1-6H3. The highest BCUT2D eigenvalue weighted by atomic mass is 16.5. The average Bonchev–Trinajstić information content (AvgIpc) is 2.65. The van der Waals surface area contributed by atoms with Crippen molar-refractivity contribution in [3.8, 4) is 5.75 Å². The number of nitrogens with zero attached hydrogens (tertiary/aromatic N) is 2. The molecule has 4 nitrogen and oxygen atoms in total. The number of methoxy groups -OCH3 is 1. The Hall–Kier alpha value is -2.43. The van der Waals surface area contributed by atoms with Gasteiger partial charge in [0.25, 0.3) is 0 Å². The second-order valence-electron chi connectivity index (χ2n) is 8.65. The van der Waals surface area contributed by atoms with Gasteiger partial charge in [0.2, 0.25) is 0 Å². The zero-order chi connectivity index (χ0) is 20.5. The summed E-state index contributed by atoms with van der Waals surface area (Å²) in [6.07, 6.45) is 0. The third-order valence-corrected chi connectivity index (χ3v) is 5.08. The van der Waals surface area contributed by atoms with E-state index in [0.717, 1.165) is 22.0 Å². The van der Waals surface area contributed by atoms with Crippen molar-refractivity contribution in [2.45, 2.75) is 31.8 Å². The minimum Gasteiger partial charge on any atom is -0.496 e. The lowest BCUT2D eigenvalue weighted by Crippen LogP contribution is -2.40. The van der Waals surface area contributed by atoms with Crippen LogP contribution in [-0.4, -0.2) is 42.7 Å². The fourth-order valence-corrected chi connectivity index (χ4v) is 3.56. The summed E-state index contributed by atoms with van der Waals surface area (Å²) in [7, 11) is 5.54. The van der Waals surface area contributed by atoms with Crippen molar-refractivity contribution in [2.75, 3.05) is 27.7 Å². The van der Waals surface area contributed by atoms with E-state index in [2.05, 4.69) is 32.9 Å². The van der Waals surface area contributed by atoms with Crippen LogP contribution in [0.25, 0.3) is 10.9 Å². The van der Waals surface area contributed by atoms with Gasteiger partial charge in [0.05, 0.1) is 18.3 Å². The third-order valence-electron chi connectivity index (χ3n) is 5.08. The first kappa shape index (κ1) is 20.3. The van der Waals surface area contributed by atoms with Crippen molar-refractivity contribution in [3.05, 3.63) is 71.4 Å². The van der Waals surface area contributed by atoms with E-state index in [-0.39, 0.29) is 5.41 Å². The van der Waals surface area contributed by atoms with Crippen molar-refractivity contribution in [1.82, 2.24) is 9.88 Å². The molecule has 0 aliphatic rings. The van der Waals surface area contributed by atoms with Gasteiger partial charge in [-0.15, -0.1) is 0 Å². The fourth-order valence-electron chi connectivity index (χ4n) is 3.56. The van der Waals surface area contributed by atoms with Gasteiger partial charge in [0.1, 0.15) is 11.4 Å². The number of ether oxygens (including phenoxy) is 1. The summed E-state index contributed by atoms with van der Waals surface area (Å²) in [4.78, 5) is 6.78. The molecule has 4 heteroatoms. The van der Waals surface area contributed by atoms with Crippen LogP contribution < -0.4 is 4.74 Å². The van der Waals surface area contributed by atoms with Crippen molar-refractivity contribution in [1.29, 1.82) is 0 Å². The van der Waals surface area contributed by atoms with Gasteiger partial charge in [0, 0.05) is 17.5 Å². The number of benzene rings is 2. The number of aromatic nitrogens is 1. The smallest absolute Gasteiger partial charge is 0.148 e. The van der Waals surface area contributed by atoms with Crippen LogP contribution >= 0.6 is 0 Å². The van der Waals surface area contributed by atoms with Crippen LogP contribution in [0.3, 0.4) is 0 Å². The maximum atomic E-state index is 12.0. The van der Waals surface area contributed by atoms with Crippen LogP contribution in [0.4, 0.5) is 0 Å². The Morgan fingerprint density at radius 2 is 1.71 bits per heavy atom. The molecular weight excluding hydrogens is 348 g/mol. The van der Waals surface area contributed by atoms with E-state index >= 15 is 0 Å². The lowest BCUT2D eigenvalue weighted by atomic mass is 9.81. The molecule has 0 aliphatic heterocycles. The number of para-hydroxylation sites is 1. The van der Waals surface area contributed by atoms with Gasteiger partial charge >= 0.3 is 0 Å². The number of likely N-dealkylation sites (N-methyl/N-ethyl adjacent to an activating group) is 1. The van der Waals surface area contributed by atoms with Gasteiger partial charge in [-0.1, -0.05) is 51.1 Å². The predicted octanol–water partition coefficient (Wildman–Crippen LogP) is 4.34. The van der Waals surface area contributed by atoms with Gasteiger partial charge in [-0.2, -0.15) is 0 Å². The van der Waals surface area contributed by atoms with Crippen LogP contribution in [0.1, 0.15) is 37.6 Å². The number of pyridine rings is 1. The highest BCUT2D eigenvalue weighted by Gasteiger charge is 2.37. The summed E-state index contributed by atoms with van der Waals surface area (Å²) < 4.78 is 5.64. The number of hydrogen-bond acceptors (Lipinski definition) is 4. The second kappa shape index (κ2) is 7.53. The summed E-state index contributed by atoms with van der Waals surface area (Å²) in [6, 6.07) is 17.9. The molecule has 1 aromatic heterocycles. The zero-order valence-corrected chi connectivity index (χ0v) is 17.7. The van der Waals surface area contributed by atoms with E-state index in [0.29, 0.717) is 18.0 Å². The first-order valence-electron chi connectivity index (χ1n) is 9.57. The Morgan fingerprint density at radius 1 is 1.00 bits per heavy atom. The first-order chi connectivity index (χ1) is 13.1. The Morgan fingerprint density at radius 3 is 2.36 bits per heavy atom. The van der Waals surface area contributed by atoms with Crippen LogP contribution in [0.2, 0.25) is 0 Å². The molecule has 3 rings (SSSR count). The Balaban J connectivity index is 2.26. The highest BCUT2D eigenvalue weighted by Crippen LogP contribution is 2.38. The molecule has 0 fully saturated rings. The first-order valence-corrected chi connectivity index (χ1v) is 9.57. The van der Waals surface area contributed by atoms with Gasteiger partial charge in [0.15, 0.2) is 0 Å². The maximum absolute atomic E-state index is 12.0. The van der Waals surface area contributed by atoms with E-state index in [1.54, 1.807) is 7.11 Å². The zero-order valence-electron chi connectivity index (χ0n) is 17.7. The highest BCUT2D eigenvalue weighted by molar-refractivity contribution is 5.78. The molecule has 1 N–H and O–H groups in total. The van der Waals surface area contributed by atoms with Crippen LogP contribution in [0, 0.1) is 0 Å². The molecular formula is C24H30N2O2. The van der Waals surface area contributed by atoms with Crippen molar-refractivity contribution in [2.24, 2.45) is 0 Å². The quantitative estimate of drug-likeness (QED) is 0.717. The van der Waals surface area contributed by atoms with Crippen molar-refractivity contribution >= 4 is 10.9 Å². The fraction of sp³-hybridized carbons (Fsp3) is 0.375. The normalized spacial score (nSPS) is 14.3. The average molecular weight is 379 g/mol. The summed E-state index contributed by atoms with van der Waals surface area (Å²) in [6.45, 7) is 6.88. The van der Waals surface area contributed by atoms with E-state index in [1.807, 2.05) is 61.5 Å². The maximum Gasteiger partial charge on any atom is 0.148 e. The van der Waals surface area contributed by atoms with E-state index < -0.39 is 5.60 Å². The van der Waals surface area contributed by atoms with Gasteiger partial charge in [-0.05, 0) is 49.3 Å². The molecule has 1 atom stereocenters. The minimum absolute atomic E-state index is 0.0448. The minimum atomic E-state index is -1.31. The van der Waals surface area contributed by atoms with Crippen LogP contribution in [0.15, 0.2) is 54.6 Å². The van der Waals surface area contributed by atoms with Crippen molar-refractivity contribution in [3.63, 3.8) is 0 Å². The summed E-state index contributed by atoms with van der Waals surface area (Å²) >= 11 is 0. The number of hydrogen-bond donors (Lipinski definition) is 1. The van der Waals surface area contributed by atoms with Gasteiger partial charge in [-0.3, -0.25) is 0 Å². The second-order valence-corrected chi connectivity index (χ2v) is 8.65. The summed E-state index contributed by atoms with van der Waals surface area (Å²) in [5.74, 6) is 0.660. The SMILES string of the molecule is COc1ccc(C(C)(C)C)cc1C(O)(CN(C)C)c1ccc2ccccc2n1. The van der Waals surface area contributed by atoms with E-state index in [1.165, 1.54) is 0 Å². The molecule has 1 unspecified atom stereocenters.